The lowest BCUT2D eigenvalue weighted by Crippen LogP contribution is -2.25. The molecule has 5 nitrogen and oxygen atoms in total. The maximum absolute atomic E-state index is 11.1. The van der Waals surface area contributed by atoms with Gasteiger partial charge in [0, 0.05) is 0 Å². The van der Waals surface area contributed by atoms with Crippen molar-refractivity contribution < 1.29 is 9.90 Å². The summed E-state index contributed by atoms with van der Waals surface area (Å²) in [7, 11) is 0. The Labute approximate surface area is 107 Å². The molecule has 5 heteroatoms. The lowest BCUT2D eigenvalue weighted by Gasteiger charge is -2.31. The van der Waals surface area contributed by atoms with Crippen molar-refractivity contribution in [1.82, 2.24) is 15.0 Å². The molecule has 2 atom stereocenters. The zero-order chi connectivity index (χ0) is 13.1. The predicted molar refractivity (Wildman–Crippen MR) is 67.6 cm³/mol. The summed E-state index contributed by atoms with van der Waals surface area (Å²) >= 11 is 0. The molecule has 1 aromatic heterocycles. The molecule has 0 amide bonds. The molecule has 2 unspecified atom stereocenters. The molecule has 1 aliphatic rings. The molecule has 100 valence electrons. The van der Waals surface area contributed by atoms with Crippen molar-refractivity contribution in [2.45, 2.75) is 58.4 Å². The van der Waals surface area contributed by atoms with Gasteiger partial charge in [0.05, 0.1) is 11.7 Å². The molecule has 0 aliphatic heterocycles. The van der Waals surface area contributed by atoms with Crippen molar-refractivity contribution in [1.29, 1.82) is 0 Å². The van der Waals surface area contributed by atoms with Crippen molar-refractivity contribution in [3.8, 4) is 0 Å². The van der Waals surface area contributed by atoms with Crippen LogP contribution in [0.3, 0.4) is 0 Å². The molecule has 1 aromatic rings. The molecule has 0 radical (unpaired) electrons. The largest absolute Gasteiger partial charge is 0.476 e. The van der Waals surface area contributed by atoms with E-state index in [1.165, 1.54) is 19.3 Å². The highest BCUT2D eigenvalue weighted by Gasteiger charge is 2.29. The molecule has 0 aromatic carbocycles. The third-order valence-corrected chi connectivity index (χ3v) is 4.04. The summed E-state index contributed by atoms with van der Waals surface area (Å²) in [5.74, 6) is -0.366. The SMILES string of the molecule is CCc1c(C(=O)O)nnn1C1CCCCC1CC. The highest BCUT2D eigenvalue weighted by atomic mass is 16.4. The zero-order valence-corrected chi connectivity index (χ0v) is 11.1. The minimum absolute atomic E-state index is 0.123. The second-order valence-corrected chi connectivity index (χ2v) is 5.01. The van der Waals surface area contributed by atoms with E-state index in [4.69, 9.17) is 5.11 Å². The van der Waals surface area contributed by atoms with Crippen molar-refractivity contribution in [2.24, 2.45) is 5.92 Å². The molecule has 0 spiro atoms. The molecular formula is C13H21N3O2. The molecule has 1 N–H and O–H groups in total. The topological polar surface area (TPSA) is 68.0 Å². The Kier molecular flexibility index (Phi) is 3.99. The lowest BCUT2D eigenvalue weighted by atomic mass is 9.83. The lowest BCUT2D eigenvalue weighted by molar-refractivity contribution is 0.0689. The van der Waals surface area contributed by atoms with Crippen LogP contribution in [0.15, 0.2) is 0 Å². The van der Waals surface area contributed by atoms with Gasteiger partial charge in [-0.2, -0.15) is 0 Å². The first-order valence-electron chi connectivity index (χ1n) is 6.86. The summed E-state index contributed by atoms with van der Waals surface area (Å²) in [6.07, 6.45) is 6.57. The molecule has 0 bridgehead atoms. The Hall–Kier alpha value is -1.39. The second-order valence-electron chi connectivity index (χ2n) is 5.01. The number of aromatic carboxylic acids is 1. The van der Waals surface area contributed by atoms with Gasteiger partial charge in [0.2, 0.25) is 0 Å². The normalized spacial score (nSPS) is 24.1. The van der Waals surface area contributed by atoms with Crippen LogP contribution in [0.5, 0.6) is 0 Å². The Morgan fingerprint density at radius 3 is 2.72 bits per heavy atom. The summed E-state index contributed by atoms with van der Waals surface area (Å²) in [4.78, 5) is 11.1. The number of carboxylic acid groups (broad SMARTS) is 1. The van der Waals surface area contributed by atoms with E-state index in [0.29, 0.717) is 18.4 Å². The maximum atomic E-state index is 11.1. The molecule has 1 fully saturated rings. The average Bonchev–Trinajstić information content (AvgIpc) is 2.82. The number of hydrogen-bond acceptors (Lipinski definition) is 3. The second kappa shape index (κ2) is 5.50. The molecular weight excluding hydrogens is 230 g/mol. The van der Waals surface area contributed by atoms with E-state index < -0.39 is 5.97 Å². The van der Waals surface area contributed by atoms with Crippen molar-refractivity contribution in [2.75, 3.05) is 0 Å². The zero-order valence-electron chi connectivity index (χ0n) is 11.1. The van der Waals surface area contributed by atoms with Crippen LogP contribution in [0, 0.1) is 5.92 Å². The van der Waals surface area contributed by atoms with Crippen LogP contribution in [0.1, 0.15) is 68.2 Å². The fraction of sp³-hybridized carbons (Fsp3) is 0.769. The molecule has 0 saturated heterocycles. The monoisotopic (exact) mass is 251 g/mol. The smallest absolute Gasteiger partial charge is 0.358 e. The van der Waals surface area contributed by atoms with Crippen LogP contribution in [0.4, 0.5) is 0 Å². The van der Waals surface area contributed by atoms with Gasteiger partial charge in [0.1, 0.15) is 0 Å². The van der Waals surface area contributed by atoms with E-state index in [1.54, 1.807) is 0 Å². The minimum Gasteiger partial charge on any atom is -0.476 e. The minimum atomic E-state index is -0.970. The first-order valence-corrected chi connectivity index (χ1v) is 6.86. The first kappa shape index (κ1) is 13.1. The maximum Gasteiger partial charge on any atom is 0.358 e. The number of carbonyl (C=O) groups is 1. The number of aromatic nitrogens is 3. The summed E-state index contributed by atoms with van der Waals surface area (Å²) < 4.78 is 1.89. The Morgan fingerprint density at radius 1 is 1.39 bits per heavy atom. The van der Waals surface area contributed by atoms with Gasteiger partial charge in [0.15, 0.2) is 5.69 Å². The van der Waals surface area contributed by atoms with E-state index in [9.17, 15) is 4.79 Å². The molecule has 2 rings (SSSR count). The highest BCUT2D eigenvalue weighted by Crippen LogP contribution is 2.36. The summed E-state index contributed by atoms with van der Waals surface area (Å²) in [5, 5.41) is 17.1. The van der Waals surface area contributed by atoms with Crippen molar-refractivity contribution in [3.63, 3.8) is 0 Å². The third kappa shape index (κ3) is 2.26. The number of rotatable bonds is 4. The molecule has 1 aliphatic carbocycles. The Morgan fingerprint density at radius 2 is 2.11 bits per heavy atom. The first-order chi connectivity index (χ1) is 8.69. The van der Waals surface area contributed by atoms with Crippen LogP contribution in [-0.2, 0) is 6.42 Å². The van der Waals surface area contributed by atoms with Gasteiger partial charge in [-0.25, -0.2) is 9.48 Å². The standard InChI is InChI=1S/C13H21N3O2/c1-3-9-7-5-6-8-11(9)16-10(4-2)12(13(17)18)14-15-16/h9,11H,3-8H2,1-2H3,(H,17,18). The fourth-order valence-electron chi connectivity index (χ4n) is 3.06. The summed E-state index contributed by atoms with van der Waals surface area (Å²) in [6, 6.07) is 0.333. The van der Waals surface area contributed by atoms with E-state index in [-0.39, 0.29) is 5.69 Å². The van der Waals surface area contributed by atoms with Crippen molar-refractivity contribution in [3.05, 3.63) is 11.4 Å². The Balaban J connectivity index is 2.34. The molecule has 1 heterocycles. The van der Waals surface area contributed by atoms with E-state index >= 15 is 0 Å². The molecule has 18 heavy (non-hydrogen) atoms. The fourth-order valence-corrected chi connectivity index (χ4v) is 3.06. The number of nitrogens with zero attached hydrogens (tertiary/aromatic N) is 3. The van der Waals surface area contributed by atoms with Crippen LogP contribution in [0.25, 0.3) is 0 Å². The van der Waals surface area contributed by atoms with Crippen LogP contribution >= 0.6 is 0 Å². The van der Waals surface area contributed by atoms with E-state index in [2.05, 4.69) is 17.2 Å². The third-order valence-electron chi connectivity index (χ3n) is 4.04. The van der Waals surface area contributed by atoms with Crippen molar-refractivity contribution >= 4 is 5.97 Å². The van der Waals surface area contributed by atoms with Crippen LogP contribution < -0.4 is 0 Å². The molecule has 1 saturated carbocycles. The highest BCUT2D eigenvalue weighted by molar-refractivity contribution is 5.86. The Bertz CT molecular complexity index is 428. The van der Waals surface area contributed by atoms with Gasteiger partial charge < -0.3 is 5.11 Å². The van der Waals surface area contributed by atoms with Gasteiger partial charge in [-0.05, 0) is 25.2 Å². The average molecular weight is 251 g/mol. The van der Waals surface area contributed by atoms with Gasteiger partial charge >= 0.3 is 5.97 Å². The van der Waals surface area contributed by atoms with Gasteiger partial charge in [-0.3, -0.25) is 0 Å². The van der Waals surface area contributed by atoms with Gasteiger partial charge in [-0.15, -0.1) is 5.10 Å². The summed E-state index contributed by atoms with van der Waals surface area (Å²) in [5.41, 5.74) is 0.894. The predicted octanol–water partition coefficient (Wildman–Crippen LogP) is 2.68. The number of carboxylic acids is 1. The number of hydrogen-bond donors (Lipinski definition) is 1. The van der Waals surface area contributed by atoms with Crippen LogP contribution in [-0.4, -0.2) is 26.1 Å². The van der Waals surface area contributed by atoms with Gasteiger partial charge in [0.25, 0.3) is 0 Å². The summed E-state index contributed by atoms with van der Waals surface area (Å²) in [6.45, 7) is 4.16. The quantitative estimate of drug-likeness (QED) is 0.893. The van der Waals surface area contributed by atoms with Crippen LogP contribution in [0.2, 0.25) is 0 Å². The van der Waals surface area contributed by atoms with Gasteiger partial charge in [-0.1, -0.05) is 38.3 Å². The van der Waals surface area contributed by atoms with E-state index in [1.807, 2.05) is 11.6 Å². The van der Waals surface area contributed by atoms with E-state index in [0.717, 1.165) is 18.5 Å².